The molecule has 1 aliphatic rings. The summed E-state index contributed by atoms with van der Waals surface area (Å²) in [4.78, 5) is 2.22. The van der Waals surface area contributed by atoms with Crippen LogP contribution in [0.5, 0.6) is 0 Å². The Labute approximate surface area is 89.2 Å². The van der Waals surface area contributed by atoms with Gasteiger partial charge >= 0.3 is 0 Å². The van der Waals surface area contributed by atoms with Crippen molar-refractivity contribution in [2.45, 2.75) is 25.9 Å². The Bertz CT molecular complexity index is 317. The molecule has 2 N–H and O–H groups in total. The summed E-state index contributed by atoms with van der Waals surface area (Å²) in [5, 5.41) is 7.97. The maximum Gasteiger partial charge on any atom is 0.152 e. The van der Waals surface area contributed by atoms with Crippen molar-refractivity contribution in [3.8, 4) is 0 Å². The number of nitrogens with zero attached hydrogens (tertiary/aromatic N) is 3. The predicted octanol–water partition coefficient (Wildman–Crippen LogP) is 0.672. The number of hydrogen-bond donors (Lipinski definition) is 1. The number of nitrogen functional groups attached to an aromatic ring is 1. The number of aromatic nitrogens is 2. The lowest BCUT2D eigenvalue weighted by Crippen LogP contribution is -2.50. The lowest BCUT2D eigenvalue weighted by Gasteiger charge is -2.39. The molecule has 1 aromatic heterocycles. The number of rotatable bonds is 1. The SMILES string of the molecule is C[C@H]1COC[C@H](C)N1c1ccc(N)nn1. The Hall–Kier alpha value is -1.36. The largest absolute Gasteiger partial charge is 0.382 e. The molecule has 2 heterocycles. The van der Waals surface area contributed by atoms with Crippen molar-refractivity contribution in [3.05, 3.63) is 12.1 Å². The fraction of sp³-hybridized carbons (Fsp3) is 0.600. The average Bonchev–Trinajstić information content (AvgIpc) is 2.20. The van der Waals surface area contributed by atoms with Crippen molar-refractivity contribution < 1.29 is 4.74 Å². The van der Waals surface area contributed by atoms with Crippen LogP contribution in [0, 0.1) is 0 Å². The topological polar surface area (TPSA) is 64.3 Å². The number of morpholine rings is 1. The van der Waals surface area contributed by atoms with Crippen molar-refractivity contribution in [1.82, 2.24) is 10.2 Å². The normalized spacial score (nSPS) is 26.7. The Morgan fingerprint density at radius 3 is 2.47 bits per heavy atom. The molecule has 1 fully saturated rings. The molecule has 2 atom stereocenters. The lowest BCUT2D eigenvalue weighted by atomic mass is 10.2. The van der Waals surface area contributed by atoms with Crippen LogP contribution in [-0.4, -0.2) is 35.5 Å². The summed E-state index contributed by atoms with van der Waals surface area (Å²) in [5.74, 6) is 1.32. The zero-order valence-corrected chi connectivity index (χ0v) is 9.05. The van der Waals surface area contributed by atoms with E-state index in [1.165, 1.54) is 0 Å². The third kappa shape index (κ3) is 2.02. The third-order valence-electron chi connectivity index (χ3n) is 2.60. The van der Waals surface area contributed by atoms with Gasteiger partial charge in [-0.15, -0.1) is 10.2 Å². The molecule has 5 heteroatoms. The van der Waals surface area contributed by atoms with E-state index in [4.69, 9.17) is 10.5 Å². The second-order valence-electron chi connectivity index (χ2n) is 3.96. The second kappa shape index (κ2) is 4.02. The van der Waals surface area contributed by atoms with Crippen LogP contribution >= 0.6 is 0 Å². The molecule has 0 saturated carbocycles. The summed E-state index contributed by atoms with van der Waals surface area (Å²) < 4.78 is 5.45. The van der Waals surface area contributed by atoms with Gasteiger partial charge < -0.3 is 15.4 Å². The van der Waals surface area contributed by atoms with Crippen LogP contribution in [0.3, 0.4) is 0 Å². The van der Waals surface area contributed by atoms with E-state index in [0.717, 1.165) is 19.0 Å². The summed E-state index contributed by atoms with van der Waals surface area (Å²) in [6, 6.07) is 4.33. The monoisotopic (exact) mass is 208 g/mol. The molecule has 0 radical (unpaired) electrons. The molecule has 5 nitrogen and oxygen atoms in total. The van der Waals surface area contributed by atoms with Gasteiger partial charge in [0.05, 0.1) is 25.3 Å². The highest BCUT2D eigenvalue weighted by Gasteiger charge is 2.26. The molecule has 0 bridgehead atoms. The first-order valence-electron chi connectivity index (χ1n) is 5.14. The average molecular weight is 208 g/mol. The molecule has 2 rings (SSSR count). The van der Waals surface area contributed by atoms with E-state index < -0.39 is 0 Å². The van der Waals surface area contributed by atoms with E-state index in [1.54, 1.807) is 6.07 Å². The van der Waals surface area contributed by atoms with Gasteiger partial charge in [-0.3, -0.25) is 0 Å². The van der Waals surface area contributed by atoms with Crippen molar-refractivity contribution in [2.24, 2.45) is 0 Å². The molecule has 0 aromatic carbocycles. The molecule has 1 aliphatic heterocycles. The van der Waals surface area contributed by atoms with E-state index in [1.807, 2.05) is 6.07 Å². The van der Waals surface area contributed by atoms with Gasteiger partial charge in [-0.25, -0.2) is 0 Å². The highest BCUT2D eigenvalue weighted by molar-refractivity contribution is 5.43. The summed E-state index contributed by atoms with van der Waals surface area (Å²) in [6.45, 7) is 5.70. The Balaban J connectivity index is 2.23. The minimum atomic E-state index is 0.326. The van der Waals surface area contributed by atoms with Crippen LogP contribution in [0.15, 0.2) is 12.1 Å². The lowest BCUT2D eigenvalue weighted by molar-refractivity contribution is 0.0751. The Morgan fingerprint density at radius 2 is 1.93 bits per heavy atom. The maximum atomic E-state index is 5.51. The fourth-order valence-corrected chi connectivity index (χ4v) is 1.93. The van der Waals surface area contributed by atoms with Crippen LogP contribution in [0.2, 0.25) is 0 Å². The minimum Gasteiger partial charge on any atom is -0.382 e. The standard InChI is InChI=1S/C10H16N4O/c1-7-5-15-6-8(2)14(7)10-4-3-9(11)12-13-10/h3-4,7-8H,5-6H2,1-2H3,(H2,11,12)/t7-,8-/m0/s1. The first-order valence-corrected chi connectivity index (χ1v) is 5.14. The Morgan fingerprint density at radius 1 is 1.27 bits per heavy atom. The van der Waals surface area contributed by atoms with Gasteiger partial charge in [-0.2, -0.15) is 0 Å². The van der Waals surface area contributed by atoms with Crippen molar-refractivity contribution >= 4 is 11.6 Å². The summed E-state index contributed by atoms with van der Waals surface area (Å²) in [6.07, 6.45) is 0. The highest BCUT2D eigenvalue weighted by atomic mass is 16.5. The highest BCUT2D eigenvalue weighted by Crippen LogP contribution is 2.20. The Kier molecular flexibility index (Phi) is 2.73. The zero-order chi connectivity index (χ0) is 10.8. The van der Waals surface area contributed by atoms with Gasteiger partial charge in [0.25, 0.3) is 0 Å². The molecule has 82 valence electrons. The molecule has 0 spiro atoms. The van der Waals surface area contributed by atoms with Crippen LogP contribution < -0.4 is 10.6 Å². The third-order valence-corrected chi connectivity index (χ3v) is 2.60. The zero-order valence-electron chi connectivity index (χ0n) is 9.05. The molecular formula is C10H16N4O. The van der Waals surface area contributed by atoms with Crippen LogP contribution in [0.4, 0.5) is 11.6 Å². The summed E-state index contributed by atoms with van der Waals surface area (Å²) in [5.41, 5.74) is 5.51. The number of nitrogens with two attached hydrogens (primary N) is 1. The smallest absolute Gasteiger partial charge is 0.152 e. The van der Waals surface area contributed by atoms with Gasteiger partial charge in [0.15, 0.2) is 5.82 Å². The summed E-state index contributed by atoms with van der Waals surface area (Å²) >= 11 is 0. The quantitative estimate of drug-likeness (QED) is 0.735. The van der Waals surface area contributed by atoms with Gasteiger partial charge in [-0.1, -0.05) is 0 Å². The van der Waals surface area contributed by atoms with E-state index in [-0.39, 0.29) is 0 Å². The molecule has 0 unspecified atom stereocenters. The van der Waals surface area contributed by atoms with E-state index >= 15 is 0 Å². The van der Waals surface area contributed by atoms with Crippen molar-refractivity contribution in [3.63, 3.8) is 0 Å². The fourth-order valence-electron chi connectivity index (χ4n) is 1.93. The molecule has 1 aromatic rings. The summed E-state index contributed by atoms with van der Waals surface area (Å²) in [7, 11) is 0. The van der Waals surface area contributed by atoms with Gasteiger partial charge in [0, 0.05) is 0 Å². The number of ether oxygens (including phenoxy) is 1. The molecule has 0 amide bonds. The van der Waals surface area contributed by atoms with E-state index in [9.17, 15) is 0 Å². The van der Waals surface area contributed by atoms with Crippen molar-refractivity contribution in [2.75, 3.05) is 23.8 Å². The van der Waals surface area contributed by atoms with Crippen LogP contribution in [-0.2, 0) is 4.74 Å². The van der Waals surface area contributed by atoms with E-state index in [0.29, 0.717) is 17.9 Å². The van der Waals surface area contributed by atoms with Crippen LogP contribution in [0.25, 0.3) is 0 Å². The van der Waals surface area contributed by atoms with E-state index in [2.05, 4.69) is 28.9 Å². The van der Waals surface area contributed by atoms with Gasteiger partial charge in [0.1, 0.15) is 5.82 Å². The minimum absolute atomic E-state index is 0.326. The molecule has 15 heavy (non-hydrogen) atoms. The van der Waals surface area contributed by atoms with Gasteiger partial charge in [-0.05, 0) is 26.0 Å². The maximum absolute atomic E-state index is 5.51. The van der Waals surface area contributed by atoms with Crippen molar-refractivity contribution in [1.29, 1.82) is 0 Å². The number of anilines is 2. The predicted molar refractivity (Wildman–Crippen MR) is 58.7 cm³/mol. The van der Waals surface area contributed by atoms with Crippen LogP contribution in [0.1, 0.15) is 13.8 Å². The first-order chi connectivity index (χ1) is 7.18. The van der Waals surface area contributed by atoms with Gasteiger partial charge in [0.2, 0.25) is 0 Å². The first kappa shape index (κ1) is 10.2. The number of hydrogen-bond acceptors (Lipinski definition) is 5. The molecule has 1 saturated heterocycles. The molecular weight excluding hydrogens is 192 g/mol. The molecule has 0 aliphatic carbocycles. The second-order valence-corrected chi connectivity index (χ2v) is 3.96.